The van der Waals surface area contributed by atoms with E-state index in [0.717, 1.165) is 15.1 Å². The first kappa shape index (κ1) is 16.4. The molecule has 6 nitrogen and oxygen atoms in total. The Labute approximate surface area is 153 Å². The van der Waals surface area contributed by atoms with Crippen LogP contribution in [0.5, 0.6) is 0 Å². The Morgan fingerprint density at radius 3 is 2.35 bits per heavy atom. The molecule has 4 rings (SSSR count). The molecule has 26 heavy (non-hydrogen) atoms. The van der Waals surface area contributed by atoms with Gasteiger partial charge in [0.25, 0.3) is 11.8 Å². The van der Waals surface area contributed by atoms with Crippen LogP contribution in [0.25, 0.3) is 10.2 Å². The van der Waals surface area contributed by atoms with Crippen LogP contribution in [0.4, 0.5) is 0 Å². The van der Waals surface area contributed by atoms with Gasteiger partial charge >= 0.3 is 5.97 Å². The maximum atomic E-state index is 12.2. The number of amides is 2. The van der Waals surface area contributed by atoms with Crippen molar-refractivity contribution in [2.45, 2.75) is 13.0 Å². The minimum atomic E-state index is -0.471. The molecule has 0 aliphatic carbocycles. The third-order valence-electron chi connectivity index (χ3n) is 4.11. The largest absolute Gasteiger partial charge is 0.458 e. The molecule has 0 unspecified atom stereocenters. The normalized spacial score (nSPS) is 13.3. The van der Waals surface area contributed by atoms with E-state index >= 15 is 0 Å². The third-order valence-corrected chi connectivity index (χ3v) is 5.12. The fraction of sp³-hybridized carbons (Fsp3) is 0.158. The van der Waals surface area contributed by atoms with Crippen LogP contribution >= 0.6 is 11.3 Å². The van der Waals surface area contributed by atoms with Gasteiger partial charge in [0.1, 0.15) is 11.6 Å². The van der Waals surface area contributed by atoms with Crippen LogP contribution in [0.1, 0.15) is 32.1 Å². The Morgan fingerprint density at radius 2 is 1.65 bits per heavy atom. The zero-order valence-corrected chi connectivity index (χ0v) is 14.5. The second-order valence-electron chi connectivity index (χ2n) is 5.79. The molecule has 1 aliphatic rings. The summed E-state index contributed by atoms with van der Waals surface area (Å²) in [6, 6.07) is 14.3. The van der Waals surface area contributed by atoms with E-state index in [9.17, 15) is 14.4 Å². The molecular formula is C19H14N2O4S. The molecular weight excluding hydrogens is 352 g/mol. The molecule has 130 valence electrons. The summed E-state index contributed by atoms with van der Waals surface area (Å²) in [5.74, 6) is -1.21. The van der Waals surface area contributed by atoms with Crippen LogP contribution in [0.3, 0.4) is 0 Å². The van der Waals surface area contributed by atoms with E-state index in [4.69, 9.17) is 4.74 Å². The number of carbonyl (C=O) groups is 3. The Bertz CT molecular complexity index is 959. The summed E-state index contributed by atoms with van der Waals surface area (Å²) < 4.78 is 6.26. The van der Waals surface area contributed by atoms with Gasteiger partial charge in [0.05, 0.1) is 27.8 Å². The third kappa shape index (κ3) is 2.97. The van der Waals surface area contributed by atoms with E-state index in [1.54, 1.807) is 24.3 Å². The number of benzene rings is 2. The number of esters is 1. The zero-order valence-electron chi connectivity index (χ0n) is 13.7. The number of ether oxygens (including phenoxy) is 1. The standard InChI is InChI=1S/C19H14N2O4S/c22-17(25-11-16-20-14-7-3-4-8-15(14)26-16)9-10-21-18(23)12-5-1-2-6-13(12)19(21)24/h1-8H,9-11H2. The molecule has 2 aromatic carbocycles. The number of rotatable bonds is 5. The van der Waals surface area contributed by atoms with Crippen molar-refractivity contribution in [2.75, 3.05) is 6.54 Å². The van der Waals surface area contributed by atoms with E-state index in [-0.39, 0.29) is 31.4 Å². The summed E-state index contributed by atoms with van der Waals surface area (Å²) in [7, 11) is 0. The molecule has 1 aliphatic heterocycles. The van der Waals surface area contributed by atoms with Gasteiger partial charge in [-0.2, -0.15) is 0 Å². The number of nitrogens with zero attached hydrogens (tertiary/aromatic N) is 2. The van der Waals surface area contributed by atoms with Crippen molar-refractivity contribution >= 4 is 39.3 Å². The lowest BCUT2D eigenvalue weighted by molar-refractivity contribution is -0.145. The molecule has 0 bridgehead atoms. The SMILES string of the molecule is O=C(CCN1C(=O)c2ccccc2C1=O)OCc1nc2ccccc2s1. The average Bonchev–Trinajstić information content (AvgIpc) is 3.18. The molecule has 0 saturated heterocycles. The van der Waals surface area contributed by atoms with Crippen molar-refractivity contribution in [3.8, 4) is 0 Å². The van der Waals surface area contributed by atoms with Crippen LogP contribution in [0.2, 0.25) is 0 Å². The first-order valence-corrected chi connectivity index (χ1v) is 8.90. The molecule has 0 radical (unpaired) electrons. The lowest BCUT2D eigenvalue weighted by Gasteiger charge is -2.12. The van der Waals surface area contributed by atoms with Crippen molar-refractivity contribution < 1.29 is 19.1 Å². The number of hydrogen-bond donors (Lipinski definition) is 0. The highest BCUT2D eigenvalue weighted by molar-refractivity contribution is 7.18. The highest BCUT2D eigenvalue weighted by Gasteiger charge is 2.35. The fourth-order valence-electron chi connectivity index (χ4n) is 2.84. The van der Waals surface area contributed by atoms with Crippen LogP contribution in [-0.4, -0.2) is 34.2 Å². The topological polar surface area (TPSA) is 76.6 Å². The van der Waals surface area contributed by atoms with Gasteiger partial charge in [0.15, 0.2) is 0 Å². The van der Waals surface area contributed by atoms with Crippen molar-refractivity contribution in [3.63, 3.8) is 0 Å². The zero-order chi connectivity index (χ0) is 18.1. The highest BCUT2D eigenvalue weighted by atomic mass is 32.1. The molecule has 0 atom stereocenters. The van der Waals surface area contributed by atoms with E-state index < -0.39 is 5.97 Å². The lowest BCUT2D eigenvalue weighted by atomic mass is 10.1. The molecule has 2 heterocycles. The van der Waals surface area contributed by atoms with Crippen LogP contribution in [-0.2, 0) is 16.1 Å². The summed E-state index contributed by atoms with van der Waals surface area (Å²) in [6.07, 6.45) is -0.0453. The first-order valence-electron chi connectivity index (χ1n) is 8.09. The number of aromatic nitrogens is 1. The summed E-state index contributed by atoms with van der Waals surface area (Å²) in [4.78, 5) is 41.9. The van der Waals surface area contributed by atoms with Crippen LogP contribution in [0, 0.1) is 0 Å². The minimum absolute atomic E-state index is 0.00498. The predicted octanol–water partition coefficient (Wildman–Crippen LogP) is 3.03. The maximum absolute atomic E-state index is 12.2. The van der Waals surface area contributed by atoms with Crippen LogP contribution < -0.4 is 0 Å². The van der Waals surface area contributed by atoms with Crippen molar-refractivity contribution in [1.29, 1.82) is 0 Å². The summed E-state index contributed by atoms with van der Waals surface area (Å²) in [5, 5.41) is 0.709. The van der Waals surface area contributed by atoms with Gasteiger partial charge < -0.3 is 4.74 Å². The van der Waals surface area contributed by atoms with Gasteiger partial charge in [-0.15, -0.1) is 11.3 Å². The Morgan fingerprint density at radius 1 is 1.00 bits per heavy atom. The monoisotopic (exact) mass is 366 g/mol. The summed E-state index contributed by atoms with van der Waals surface area (Å²) >= 11 is 1.47. The minimum Gasteiger partial charge on any atom is -0.458 e. The highest BCUT2D eigenvalue weighted by Crippen LogP contribution is 2.23. The number of para-hydroxylation sites is 1. The summed E-state index contributed by atoms with van der Waals surface area (Å²) in [5.41, 5.74) is 1.62. The second-order valence-corrected chi connectivity index (χ2v) is 6.91. The molecule has 1 aromatic heterocycles. The Hall–Kier alpha value is -3.06. The molecule has 7 heteroatoms. The molecule has 0 fully saturated rings. The second kappa shape index (κ2) is 6.68. The smallest absolute Gasteiger partial charge is 0.308 e. The predicted molar refractivity (Wildman–Crippen MR) is 95.8 cm³/mol. The van der Waals surface area contributed by atoms with Crippen molar-refractivity contribution in [3.05, 3.63) is 64.7 Å². The maximum Gasteiger partial charge on any atom is 0.308 e. The van der Waals surface area contributed by atoms with Gasteiger partial charge in [0, 0.05) is 6.54 Å². The lowest BCUT2D eigenvalue weighted by Crippen LogP contribution is -2.32. The molecule has 2 amide bonds. The number of carbonyl (C=O) groups excluding carboxylic acids is 3. The molecule has 0 saturated carbocycles. The van der Waals surface area contributed by atoms with Gasteiger partial charge in [-0.05, 0) is 24.3 Å². The van der Waals surface area contributed by atoms with Crippen molar-refractivity contribution in [1.82, 2.24) is 9.88 Å². The fourth-order valence-corrected chi connectivity index (χ4v) is 3.72. The number of hydrogen-bond acceptors (Lipinski definition) is 6. The molecule has 0 spiro atoms. The number of thiazole rings is 1. The number of imide groups is 1. The Kier molecular flexibility index (Phi) is 4.22. The molecule has 3 aromatic rings. The van der Waals surface area contributed by atoms with Gasteiger partial charge in [-0.1, -0.05) is 24.3 Å². The Balaban J connectivity index is 1.33. The summed E-state index contributed by atoms with van der Waals surface area (Å²) in [6.45, 7) is 0.0886. The first-order chi connectivity index (χ1) is 12.6. The quantitative estimate of drug-likeness (QED) is 0.512. The van der Waals surface area contributed by atoms with E-state index in [1.165, 1.54) is 11.3 Å². The van der Waals surface area contributed by atoms with Gasteiger partial charge in [0.2, 0.25) is 0 Å². The van der Waals surface area contributed by atoms with Crippen molar-refractivity contribution in [2.24, 2.45) is 0 Å². The van der Waals surface area contributed by atoms with E-state index in [2.05, 4.69) is 4.98 Å². The van der Waals surface area contributed by atoms with E-state index in [0.29, 0.717) is 16.1 Å². The van der Waals surface area contributed by atoms with Crippen LogP contribution in [0.15, 0.2) is 48.5 Å². The van der Waals surface area contributed by atoms with E-state index in [1.807, 2.05) is 24.3 Å². The van der Waals surface area contributed by atoms with Gasteiger partial charge in [-0.3, -0.25) is 19.3 Å². The average molecular weight is 366 g/mol. The van der Waals surface area contributed by atoms with Gasteiger partial charge in [-0.25, -0.2) is 4.98 Å². The molecule has 0 N–H and O–H groups in total. The number of fused-ring (bicyclic) bond motifs is 2.